The van der Waals surface area contributed by atoms with Crippen LogP contribution in [0.25, 0.3) is 0 Å². The van der Waals surface area contributed by atoms with Crippen LogP contribution in [0.4, 0.5) is 0 Å². The quantitative estimate of drug-likeness (QED) is 0.526. The Morgan fingerprint density at radius 2 is 2.38 bits per heavy atom. The molecule has 0 aromatic carbocycles. The molecule has 0 aromatic rings. The summed E-state index contributed by atoms with van der Waals surface area (Å²) in [5.74, 6) is 0.580. The molecule has 0 spiro atoms. The summed E-state index contributed by atoms with van der Waals surface area (Å²) in [6.45, 7) is 2.84. The first-order chi connectivity index (χ1) is 3.81. The van der Waals surface area contributed by atoms with Crippen LogP contribution < -0.4 is 5.73 Å². The van der Waals surface area contributed by atoms with Crippen molar-refractivity contribution in [1.82, 2.24) is 0 Å². The van der Waals surface area contributed by atoms with Crippen molar-refractivity contribution in [3.63, 3.8) is 0 Å². The van der Waals surface area contributed by atoms with Gasteiger partial charge in [-0.05, 0) is 31.5 Å². The average molecular weight is 114 g/mol. The maximum atomic E-state index is 6.71. The Morgan fingerprint density at radius 3 is 2.75 bits per heavy atom. The van der Waals surface area contributed by atoms with Gasteiger partial charge in [0.1, 0.15) is 0 Å². The summed E-state index contributed by atoms with van der Waals surface area (Å²) in [4.78, 5) is 0. The van der Waals surface area contributed by atoms with Gasteiger partial charge in [0.25, 0.3) is 0 Å². The zero-order valence-corrected chi connectivity index (χ0v) is 5.35. The topological polar surface area (TPSA) is 49.9 Å². The molecule has 8 heavy (non-hydrogen) atoms. The van der Waals surface area contributed by atoms with Gasteiger partial charge in [-0.15, -0.1) is 0 Å². The highest BCUT2D eigenvalue weighted by atomic mass is 14.5. The first-order valence-corrected chi connectivity index (χ1v) is 3.00. The van der Waals surface area contributed by atoms with Gasteiger partial charge in [0, 0.05) is 0 Å². The Morgan fingerprint density at radius 1 is 1.75 bits per heavy atom. The Labute approximate surface area is 50.6 Å². The summed E-state index contributed by atoms with van der Waals surface area (Å²) in [6, 6.07) is 0. The summed E-state index contributed by atoms with van der Waals surface area (Å²) in [7, 11) is 0. The van der Waals surface area contributed by atoms with E-state index < -0.39 is 0 Å². The molecule has 1 unspecified atom stereocenters. The number of nitrogens with one attached hydrogen (secondary N) is 1. The zero-order valence-electron chi connectivity index (χ0n) is 5.35. The van der Waals surface area contributed by atoms with E-state index in [1.165, 1.54) is 6.21 Å². The largest absolute Gasteiger partial charge is 0.330 e. The van der Waals surface area contributed by atoms with Crippen LogP contribution in [0.15, 0.2) is 0 Å². The first-order valence-electron chi connectivity index (χ1n) is 3.00. The van der Waals surface area contributed by atoms with E-state index in [9.17, 15) is 0 Å². The molecule has 0 amide bonds. The van der Waals surface area contributed by atoms with Gasteiger partial charge in [-0.1, -0.05) is 6.92 Å². The van der Waals surface area contributed by atoms with E-state index in [1.54, 1.807) is 0 Å². The lowest BCUT2D eigenvalue weighted by atomic mass is 10.1. The summed E-state index contributed by atoms with van der Waals surface area (Å²) < 4.78 is 0. The van der Waals surface area contributed by atoms with Crippen molar-refractivity contribution in [2.75, 3.05) is 6.54 Å². The van der Waals surface area contributed by atoms with Crippen LogP contribution in [0.1, 0.15) is 19.8 Å². The Bertz CT molecular complexity index is 61.5. The van der Waals surface area contributed by atoms with Crippen molar-refractivity contribution >= 4 is 6.21 Å². The van der Waals surface area contributed by atoms with Crippen molar-refractivity contribution in [3.8, 4) is 0 Å². The molecule has 0 bridgehead atoms. The lowest BCUT2D eigenvalue weighted by Crippen LogP contribution is -2.10. The van der Waals surface area contributed by atoms with Crippen LogP contribution in [0.3, 0.4) is 0 Å². The van der Waals surface area contributed by atoms with Crippen LogP contribution in [0.5, 0.6) is 0 Å². The predicted molar refractivity (Wildman–Crippen MR) is 36.2 cm³/mol. The van der Waals surface area contributed by atoms with E-state index in [0.717, 1.165) is 19.4 Å². The lowest BCUT2D eigenvalue weighted by molar-refractivity contribution is 0.560. The molecule has 0 aliphatic rings. The second-order valence-corrected chi connectivity index (χ2v) is 2.12. The summed E-state index contributed by atoms with van der Waals surface area (Å²) in [5, 5.41) is 6.71. The highest BCUT2D eigenvalue weighted by Gasteiger charge is 1.94. The van der Waals surface area contributed by atoms with Gasteiger partial charge in [-0.3, -0.25) is 0 Å². The van der Waals surface area contributed by atoms with E-state index in [-0.39, 0.29) is 0 Å². The zero-order chi connectivity index (χ0) is 6.41. The second kappa shape index (κ2) is 4.78. The molecule has 3 N–H and O–H groups in total. The predicted octanol–water partition coefficient (Wildman–Crippen LogP) is 1.01. The molecule has 1 atom stereocenters. The number of hydrogen-bond donors (Lipinski definition) is 2. The van der Waals surface area contributed by atoms with Crippen LogP contribution in [-0.2, 0) is 0 Å². The maximum absolute atomic E-state index is 6.71. The van der Waals surface area contributed by atoms with E-state index in [1.807, 2.05) is 0 Å². The van der Waals surface area contributed by atoms with Gasteiger partial charge < -0.3 is 11.1 Å². The minimum atomic E-state index is 0.580. The third-order valence-corrected chi connectivity index (χ3v) is 1.21. The smallest absolute Gasteiger partial charge is 0.00476 e. The molecule has 0 radical (unpaired) electrons. The molecule has 0 aliphatic carbocycles. The second-order valence-electron chi connectivity index (χ2n) is 2.12. The summed E-state index contributed by atoms with van der Waals surface area (Å²) in [6.07, 6.45) is 3.37. The third kappa shape index (κ3) is 3.81. The van der Waals surface area contributed by atoms with E-state index >= 15 is 0 Å². The van der Waals surface area contributed by atoms with Gasteiger partial charge in [0.05, 0.1) is 0 Å². The van der Waals surface area contributed by atoms with Crippen molar-refractivity contribution in [1.29, 1.82) is 5.41 Å². The molecule has 0 fully saturated rings. The van der Waals surface area contributed by atoms with Crippen LogP contribution >= 0.6 is 0 Å². The van der Waals surface area contributed by atoms with Gasteiger partial charge in [0.2, 0.25) is 0 Å². The van der Waals surface area contributed by atoms with Gasteiger partial charge in [0.15, 0.2) is 0 Å². The fraction of sp³-hybridized carbons (Fsp3) is 0.833. The average Bonchev–Trinajstić information content (AvgIpc) is 1.83. The van der Waals surface area contributed by atoms with Crippen molar-refractivity contribution < 1.29 is 0 Å². The third-order valence-electron chi connectivity index (χ3n) is 1.21. The van der Waals surface area contributed by atoms with Crippen molar-refractivity contribution in [2.45, 2.75) is 19.8 Å². The minimum absolute atomic E-state index is 0.580. The molecular formula is C6H14N2. The standard InChI is InChI=1S/C6H14N2/c1-6(5-8)3-2-4-7/h4,6-7H,2-3,5,8H2,1H3. The van der Waals surface area contributed by atoms with Gasteiger partial charge in [-0.25, -0.2) is 0 Å². The van der Waals surface area contributed by atoms with Gasteiger partial charge in [-0.2, -0.15) is 0 Å². The van der Waals surface area contributed by atoms with Crippen LogP contribution in [0.2, 0.25) is 0 Å². The SMILES string of the molecule is CC(CN)CCC=N. The molecule has 0 heterocycles. The molecule has 2 nitrogen and oxygen atoms in total. The Hall–Kier alpha value is -0.370. The molecule has 48 valence electrons. The summed E-state index contributed by atoms with van der Waals surface area (Å²) >= 11 is 0. The van der Waals surface area contributed by atoms with Crippen molar-refractivity contribution in [2.24, 2.45) is 11.7 Å². The fourth-order valence-electron chi connectivity index (χ4n) is 0.486. The van der Waals surface area contributed by atoms with Crippen LogP contribution in [0, 0.1) is 11.3 Å². The Balaban J connectivity index is 2.97. The molecule has 2 heteroatoms. The van der Waals surface area contributed by atoms with E-state index in [4.69, 9.17) is 11.1 Å². The number of hydrogen-bond acceptors (Lipinski definition) is 2. The van der Waals surface area contributed by atoms with E-state index in [2.05, 4.69) is 6.92 Å². The van der Waals surface area contributed by atoms with E-state index in [0.29, 0.717) is 5.92 Å². The normalized spacial score (nSPS) is 13.2. The van der Waals surface area contributed by atoms with Gasteiger partial charge >= 0.3 is 0 Å². The van der Waals surface area contributed by atoms with Crippen LogP contribution in [-0.4, -0.2) is 12.8 Å². The number of nitrogens with two attached hydrogens (primary N) is 1. The molecule has 0 saturated heterocycles. The number of rotatable bonds is 4. The monoisotopic (exact) mass is 114 g/mol. The maximum Gasteiger partial charge on any atom is -0.00476 e. The Kier molecular flexibility index (Phi) is 4.56. The van der Waals surface area contributed by atoms with Crippen molar-refractivity contribution in [3.05, 3.63) is 0 Å². The highest BCUT2D eigenvalue weighted by Crippen LogP contribution is 1.99. The minimum Gasteiger partial charge on any atom is -0.330 e. The molecule has 0 rings (SSSR count). The highest BCUT2D eigenvalue weighted by molar-refractivity contribution is 5.52. The fourth-order valence-corrected chi connectivity index (χ4v) is 0.486. The summed E-state index contributed by atoms with van der Waals surface area (Å²) in [5.41, 5.74) is 5.34. The first kappa shape index (κ1) is 7.63. The molecule has 0 aliphatic heterocycles. The molecule has 0 saturated carbocycles. The lowest BCUT2D eigenvalue weighted by Gasteiger charge is -2.02. The molecule has 0 aromatic heterocycles. The molecular weight excluding hydrogens is 100 g/mol.